The number of Topliss-reactive ketones (excluding diaryl/α,β-unsaturated/α-hetero) is 1. The number of hydrogen-bond donors (Lipinski definition) is 1. The molecule has 0 radical (unpaired) electrons. The minimum Gasteiger partial charge on any atom is -0.436 e. The van der Waals surface area contributed by atoms with Crippen molar-refractivity contribution in [2.24, 2.45) is 0 Å². The number of carbonyl (C=O) groups excluding carboxylic acids is 2. The zero-order valence-corrected chi connectivity index (χ0v) is 14.2. The molecule has 0 saturated carbocycles. The van der Waals surface area contributed by atoms with Gasteiger partial charge in [0.2, 0.25) is 0 Å². The van der Waals surface area contributed by atoms with Gasteiger partial charge in [0.15, 0.2) is 12.4 Å². The average Bonchev–Trinajstić information content (AvgIpc) is 3.01. The number of benzene rings is 1. The van der Waals surface area contributed by atoms with Crippen LogP contribution in [0.25, 0.3) is 0 Å². The third kappa shape index (κ3) is 6.49. The molecule has 2 rings (SSSR count). The van der Waals surface area contributed by atoms with Crippen molar-refractivity contribution in [2.45, 2.75) is 13.3 Å². The molecule has 0 unspecified atom stereocenters. The summed E-state index contributed by atoms with van der Waals surface area (Å²) in [5.74, 6) is 4.93. The van der Waals surface area contributed by atoms with Crippen LogP contribution in [0.3, 0.4) is 0 Å². The summed E-state index contributed by atoms with van der Waals surface area (Å²) in [6.45, 7) is 1.27. The monoisotopic (exact) mass is 383 g/mol. The summed E-state index contributed by atoms with van der Waals surface area (Å²) in [5.41, 5.74) is 0.238. The van der Waals surface area contributed by atoms with Gasteiger partial charge in [-0.15, -0.1) is 24.5 Å². The maximum atomic E-state index is 12.0. The molecule has 0 fully saturated rings. The molecule has 0 spiro atoms. The van der Waals surface area contributed by atoms with Gasteiger partial charge in [-0.1, -0.05) is 11.8 Å². The fourth-order valence-corrected chi connectivity index (χ4v) is 2.49. The molecular formula is C17H12F3NO4S. The second-order valence-electron chi connectivity index (χ2n) is 4.80. The first kappa shape index (κ1) is 19.3. The van der Waals surface area contributed by atoms with Crippen LogP contribution in [-0.2, 0) is 4.74 Å². The van der Waals surface area contributed by atoms with Gasteiger partial charge < -0.3 is 9.47 Å². The predicted molar refractivity (Wildman–Crippen MR) is 89.3 cm³/mol. The van der Waals surface area contributed by atoms with Crippen molar-refractivity contribution in [1.82, 2.24) is 0 Å². The van der Waals surface area contributed by atoms with Gasteiger partial charge >= 0.3 is 12.5 Å². The molecule has 0 atom stereocenters. The highest BCUT2D eigenvalue weighted by atomic mass is 32.1. The molecule has 0 aliphatic heterocycles. The van der Waals surface area contributed by atoms with Crippen LogP contribution in [0.1, 0.15) is 21.5 Å². The topological polar surface area (TPSA) is 64.6 Å². The number of nitrogens with one attached hydrogen (secondary N) is 1. The zero-order valence-electron chi connectivity index (χ0n) is 13.3. The molecule has 1 amide bonds. The number of thiophene rings is 1. The van der Waals surface area contributed by atoms with Gasteiger partial charge in [-0.05, 0) is 43.3 Å². The quantitative estimate of drug-likeness (QED) is 0.626. The molecular weight excluding hydrogens is 371 g/mol. The second kappa shape index (κ2) is 8.40. The summed E-state index contributed by atoms with van der Waals surface area (Å²) in [4.78, 5) is 24.0. The van der Waals surface area contributed by atoms with E-state index in [1.807, 2.05) is 0 Å². The Morgan fingerprint density at radius 1 is 1.15 bits per heavy atom. The summed E-state index contributed by atoms with van der Waals surface area (Å²) in [6, 6.07) is 7.96. The lowest BCUT2D eigenvalue weighted by molar-refractivity contribution is -0.274. The molecule has 2 aromatic rings. The molecule has 1 aromatic heterocycles. The van der Waals surface area contributed by atoms with Crippen LogP contribution in [0, 0.1) is 11.8 Å². The van der Waals surface area contributed by atoms with E-state index in [9.17, 15) is 22.8 Å². The second-order valence-corrected chi connectivity index (χ2v) is 5.88. The minimum atomic E-state index is -4.78. The van der Waals surface area contributed by atoms with Crippen LogP contribution in [0.4, 0.5) is 23.7 Å². The Morgan fingerprint density at radius 2 is 1.85 bits per heavy atom. The van der Waals surface area contributed by atoms with E-state index in [1.165, 1.54) is 30.4 Å². The van der Waals surface area contributed by atoms with Gasteiger partial charge in [0, 0.05) is 5.69 Å². The van der Waals surface area contributed by atoms with Crippen molar-refractivity contribution < 1.29 is 32.2 Å². The van der Waals surface area contributed by atoms with Gasteiger partial charge in [-0.3, -0.25) is 10.1 Å². The van der Waals surface area contributed by atoms with Crippen LogP contribution < -0.4 is 10.1 Å². The van der Waals surface area contributed by atoms with E-state index in [-0.39, 0.29) is 18.1 Å². The van der Waals surface area contributed by atoms with Crippen LogP contribution in [0.5, 0.6) is 5.75 Å². The highest BCUT2D eigenvalue weighted by Gasteiger charge is 2.30. The third-order valence-electron chi connectivity index (χ3n) is 2.77. The van der Waals surface area contributed by atoms with Crippen molar-refractivity contribution in [2.75, 3.05) is 11.9 Å². The number of hydrogen-bond acceptors (Lipinski definition) is 5. The van der Waals surface area contributed by atoms with E-state index >= 15 is 0 Å². The number of alkyl halides is 3. The Balaban J connectivity index is 1.80. The first-order valence-corrected chi connectivity index (χ1v) is 7.94. The van der Waals surface area contributed by atoms with Gasteiger partial charge in [-0.2, -0.15) is 0 Å². The first-order valence-electron chi connectivity index (χ1n) is 7.12. The minimum absolute atomic E-state index is 0.0506. The summed E-state index contributed by atoms with van der Waals surface area (Å²) in [5, 5.41) is 2.34. The average molecular weight is 383 g/mol. The maximum absolute atomic E-state index is 12.0. The van der Waals surface area contributed by atoms with Crippen LogP contribution in [-0.4, -0.2) is 24.8 Å². The summed E-state index contributed by atoms with van der Waals surface area (Å²) >= 11 is 1.24. The summed E-state index contributed by atoms with van der Waals surface area (Å²) in [7, 11) is 0. The molecule has 0 aliphatic rings. The van der Waals surface area contributed by atoms with E-state index in [4.69, 9.17) is 4.74 Å². The molecule has 0 aliphatic carbocycles. The summed E-state index contributed by atoms with van der Waals surface area (Å²) in [6.07, 6.45) is -5.58. The van der Waals surface area contributed by atoms with Gasteiger partial charge in [-0.25, -0.2) is 4.79 Å². The van der Waals surface area contributed by atoms with Crippen LogP contribution >= 0.6 is 11.3 Å². The van der Waals surface area contributed by atoms with E-state index in [0.29, 0.717) is 9.75 Å². The van der Waals surface area contributed by atoms with E-state index in [0.717, 1.165) is 12.1 Å². The van der Waals surface area contributed by atoms with Crippen molar-refractivity contribution in [3.8, 4) is 17.6 Å². The van der Waals surface area contributed by atoms with E-state index in [2.05, 4.69) is 21.9 Å². The lowest BCUT2D eigenvalue weighted by atomic mass is 10.3. The van der Waals surface area contributed by atoms with Gasteiger partial charge in [0.05, 0.1) is 9.75 Å². The van der Waals surface area contributed by atoms with Gasteiger partial charge in [0.1, 0.15) is 5.75 Å². The number of rotatable bonds is 4. The lowest BCUT2D eigenvalue weighted by Crippen LogP contribution is -2.17. The Morgan fingerprint density at radius 3 is 2.42 bits per heavy atom. The third-order valence-corrected chi connectivity index (χ3v) is 3.88. The highest BCUT2D eigenvalue weighted by Crippen LogP contribution is 2.24. The van der Waals surface area contributed by atoms with Crippen LogP contribution in [0.2, 0.25) is 0 Å². The number of ether oxygens (including phenoxy) is 2. The van der Waals surface area contributed by atoms with E-state index in [1.54, 1.807) is 12.1 Å². The van der Waals surface area contributed by atoms with Crippen LogP contribution in [0.15, 0.2) is 36.4 Å². The Hall–Kier alpha value is -2.99. The predicted octanol–water partition coefficient (Wildman–Crippen LogP) is 4.45. The molecule has 0 saturated heterocycles. The molecule has 9 heteroatoms. The Labute approximate surface area is 150 Å². The van der Waals surface area contributed by atoms with Crippen molar-refractivity contribution in [1.29, 1.82) is 0 Å². The highest BCUT2D eigenvalue weighted by molar-refractivity contribution is 7.14. The van der Waals surface area contributed by atoms with Crippen molar-refractivity contribution in [3.05, 3.63) is 46.2 Å². The van der Waals surface area contributed by atoms with Crippen molar-refractivity contribution >= 4 is 28.9 Å². The SMILES string of the molecule is CC(=O)c1ccc(C#CCOC(=O)Nc2ccc(OC(F)(F)F)cc2)s1. The Bertz CT molecular complexity index is 847. The number of carbonyl (C=O) groups is 2. The normalized spacial score (nSPS) is 10.5. The van der Waals surface area contributed by atoms with Gasteiger partial charge in [0.25, 0.3) is 0 Å². The molecule has 26 heavy (non-hydrogen) atoms. The summed E-state index contributed by atoms with van der Waals surface area (Å²) < 4.78 is 44.7. The van der Waals surface area contributed by atoms with E-state index < -0.39 is 18.2 Å². The van der Waals surface area contributed by atoms with Crippen molar-refractivity contribution in [3.63, 3.8) is 0 Å². The smallest absolute Gasteiger partial charge is 0.436 e. The molecule has 1 aromatic carbocycles. The maximum Gasteiger partial charge on any atom is 0.573 e. The Kier molecular flexibility index (Phi) is 6.25. The number of halogens is 3. The number of ketones is 1. The molecule has 5 nitrogen and oxygen atoms in total. The molecule has 136 valence electrons. The largest absolute Gasteiger partial charge is 0.573 e. The lowest BCUT2D eigenvalue weighted by Gasteiger charge is -2.09. The standard InChI is InChI=1S/C17H12F3NO4S/c1-11(22)15-9-8-14(26-15)3-2-10-24-16(23)21-12-4-6-13(7-5-12)25-17(18,19)20/h4-9H,10H2,1H3,(H,21,23). The number of amides is 1. The molecule has 1 N–H and O–H groups in total. The molecule has 0 bridgehead atoms. The fourth-order valence-electron chi connectivity index (χ4n) is 1.71. The fraction of sp³-hybridized carbons (Fsp3) is 0.176. The number of anilines is 1. The zero-order chi connectivity index (χ0) is 19.2. The first-order chi connectivity index (χ1) is 12.2. The molecule has 1 heterocycles.